The lowest BCUT2D eigenvalue weighted by Gasteiger charge is -2.08. The molecule has 1 aromatic carbocycles. The van der Waals surface area contributed by atoms with Gasteiger partial charge in [-0.2, -0.15) is 0 Å². The van der Waals surface area contributed by atoms with Crippen LogP contribution in [0.2, 0.25) is 0 Å². The summed E-state index contributed by atoms with van der Waals surface area (Å²) in [6.45, 7) is 1.94. The molecule has 0 spiro atoms. The molecule has 1 aliphatic heterocycles. The van der Waals surface area contributed by atoms with Crippen LogP contribution in [-0.2, 0) is 6.54 Å². The molecular formula is C13H19NO4. The Morgan fingerprint density at radius 3 is 2.67 bits per heavy atom. The van der Waals surface area contributed by atoms with E-state index in [-0.39, 0.29) is 19.1 Å². The predicted octanol–water partition coefficient (Wildman–Crippen LogP) is 1.37. The first-order chi connectivity index (χ1) is 8.81. The molecule has 0 saturated carbocycles. The van der Waals surface area contributed by atoms with Crippen molar-refractivity contribution in [2.75, 3.05) is 19.9 Å². The van der Waals surface area contributed by atoms with Gasteiger partial charge in [0.2, 0.25) is 6.79 Å². The summed E-state index contributed by atoms with van der Waals surface area (Å²) in [5, 5.41) is 21.7. The van der Waals surface area contributed by atoms with Gasteiger partial charge in [0.25, 0.3) is 0 Å². The van der Waals surface area contributed by atoms with Crippen LogP contribution in [0.3, 0.4) is 0 Å². The minimum absolute atomic E-state index is 0.215. The van der Waals surface area contributed by atoms with Gasteiger partial charge in [0.15, 0.2) is 11.5 Å². The summed E-state index contributed by atoms with van der Waals surface area (Å²) in [7, 11) is 0. The zero-order valence-electron chi connectivity index (χ0n) is 10.3. The van der Waals surface area contributed by atoms with Crippen molar-refractivity contribution >= 4 is 0 Å². The number of benzene rings is 1. The number of aliphatic hydroxyl groups is 1. The van der Waals surface area contributed by atoms with Crippen molar-refractivity contribution in [2.45, 2.75) is 25.8 Å². The van der Waals surface area contributed by atoms with Crippen LogP contribution in [-0.4, -0.2) is 30.2 Å². The summed E-state index contributed by atoms with van der Waals surface area (Å²) >= 11 is 0. The maximum Gasteiger partial charge on any atom is 0.231 e. The molecule has 0 aliphatic carbocycles. The maximum atomic E-state index is 9.81. The van der Waals surface area contributed by atoms with Crippen LogP contribution in [0.4, 0.5) is 0 Å². The minimum Gasteiger partial charge on any atom is -0.507 e. The van der Waals surface area contributed by atoms with Crippen molar-refractivity contribution in [1.82, 2.24) is 5.32 Å². The summed E-state index contributed by atoms with van der Waals surface area (Å²) in [5.41, 5.74) is 0.807. The Kier molecular flexibility index (Phi) is 4.66. The van der Waals surface area contributed by atoms with Crippen molar-refractivity contribution in [3.05, 3.63) is 17.7 Å². The number of ether oxygens (including phenoxy) is 2. The number of aromatic hydroxyl groups is 1. The molecule has 1 aromatic rings. The zero-order valence-corrected chi connectivity index (χ0v) is 10.3. The normalized spacial score (nSPS) is 12.9. The van der Waals surface area contributed by atoms with E-state index in [9.17, 15) is 5.11 Å². The van der Waals surface area contributed by atoms with Crippen LogP contribution in [0.1, 0.15) is 24.8 Å². The number of hydrogen-bond donors (Lipinski definition) is 3. The molecule has 3 N–H and O–H groups in total. The van der Waals surface area contributed by atoms with Gasteiger partial charge in [0.05, 0.1) is 0 Å². The van der Waals surface area contributed by atoms with Crippen LogP contribution in [0.15, 0.2) is 12.1 Å². The molecule has 0 amide bonds. The van der Waals surface area contributed by atoms with E-state index in [1.165, 1.54) is 0 Å². The summed E-state index contributed by atoms with van der Waals surface area (Å²) in [5.74, 6) is 1.51. The fourth-order valence-electron chi connectivity index (χ4n) is 1.88. The Morgan fingerprint density at radius 2 is 1.89 bits per heavy atom. The highest BCUT2D eigenvalue weighted by atomic mass is 16.7. The number of phenolic OH excluding ortho intramolecular Hbond substituents is 1. The number of unbranched alkanes of at least 4 members (excludes halogenated alkanes) is 2. The number of rotatable bonds is 7. The molecule has 1 heterocycles. The Balaban J connectivity index is 1.79. The monoisotopic (exact) mass is 253 g/mol. The van der Waals surface area contributed by atoms with Gasteiger partial charge < -0.3 is 25.0 Å². The van der Waals surface area contributed by atoms with E-state index in [1.807, 2.05) is 0 Å². The van der Waals surface area contributed by atoms with E-state index in [4.69, 9.17) is 14.6 Å². The van der Waals surface area contributed by atoms with Gasteiger partial charge in [-0.25, -0.2) is 0 Å². The number of phenols is 1. The molecule has 0 fully saturated rings. The highest BCUT2D eigenvalue weighted by Crippen LogP contribution is 2.37. The topological polar surface area (TPSA) is 71.0 Å². The van der Waals surface area contributed by atoms with Crippen molar-refractivity contribution in [3.8, 4) is 17.2 Å². The lowest BCUT2D eigenvalue weighted by atomic mass is 10.1. The molecule has 2 rings (SSSR count). The van der Waals surface area contributed by atoms with Gasteiger partial charge in [0.1, 0.15) is 5.75 Å². The van der Waals surface area contributed by atoms with Gasteiger partial charge in [-0.05, 0) is 31.9 Å². The van der Waals surface area contributed by atoms with Gasteiger partial charge in [-0.1, -0.05) is 0 Å². The van der Waals surface area contributed by atoms with Gasteiger partial charge in [0, 0.05) is 24.8 Å². The average Bonchev–Trinajstić information content (AvgIpc) is 2.80. The highest BCUT2D eigenvalue weighted by Gasteiger charge is 2.16. The molecule has 5 nitrogen and oxygen atoms in total. The molecule has 0 aromatic heterocycles. The molecule has 0 unspecified atom stereocenters. The van der Waals surface area contributed by atoms with E-state index in [0.29, 0.717) is 18.0 Å². The first-order valence-corrected chi connectivity index (χ1v) is 6.24. The molecule has 100 valence electrons. The summed E-state index contributed by atoms with van der Waals surface area (Å²) in [6, 6.07) is 3.39. The second-order valence-corrected chi connectivity index (χ2v) is 4.30. The summed E-state index contributed by atoms with van der Waals surface area (Å²) < 4.78 is 10.4. The molecule has 18 heavy (non-hydrogen) atoms. The molecular weight excluding hydrogens is 234 g/mol. The summed E-state index contributed by atoms with van der Waals surface area (Å²) in [6.07, 6.45) is 2.87. The predicted molar refractivity (Wildman–Crippen MR) is 66.9 cm³/mol. The molecule has 0 radical (unpaired) electrons. The lowest BCUT2D eigenvalue weighted by molar-refractivity contribution is 0.174. The van der Waals surface area contributed by atoms with E-state index < -0.39 is 0 Å². The number of nitrogens with one attached hydrogen (secondary N) is 1. The van der Waals surface area contributed by atoms with E-state index in [1.54, 1.807) is 12.1 Å². The van der Waals surface area contributed by atoms with Gasteiger partial charge in [-0.3, -0.25) is 0 Å². The third-order valence-corrected chi connectivity index (χ3v) is 2.90. The standard InChI is InChI=1S/C13H19NO4/c15-5-3-1-2-4-14-8-10-6-12-13(7-11(10)16)18-9-17-12/h6-7,14-16H,1-5,8-9H2. The fraction of sp³-hybridized carbons (Fsp3) is 0.538. The molecule has 1 aliphatic rings. The van der Waals surface area contributed by atoms with E-state index in [0.717, 1.165) is 31.4 Å². The Hall–Kier alpha value is -1.46. The number of aliphatic hydroxyl groups excluding tert-OH is 1. The SMILES string of the molecule is OCCCCCNCc1cc2c(cc1O)OCO2. The highest BCUT2D eigenvalue weighted by molar-refractivity contribution is 5.51. The largest absolute Gasteiger partial charge is 0.507 e. The van der Waals surface area contributed by atoms with Gasteiger partial charge in [-0.15, -0.1) is 0 Å². The van der Waals surface area contributed by atoms with Crippen molar-refractivity contribution in [1.29, 1.82) is 0 Å². The summed E-state index contributed by atoms with van der Waals surface area (Å²) in [4.78, 5) is 0. The first-order valence-electron chi connectivity index (χ1n) is 6.24. The number of fused-ring (bicyclic) bond motifs is 1. The Labute approximate surface area is 106 Å². The van der Waals surface area contributed by atoms with Crippen molar-refractivity contribution in [2.24, 2.45) is 0 Å². The van der Waals surface area contributed by atoms with Crippen LogP contribution in [0.25, 0.3) is 0 Å². The van der Waals surface area contributed by atoms with Gasteiger partial charge >= 0.3 is 0 Å². The Morgan fingerprint density at radius 1 is 1.11 bits per heavy atom. The van der Waals surface area contributed by atoms with Crippen molar-refractivity contribution in [3.63, 3.8) is 0 Å². The van der Waals surface area contributed by atoms with Crippen LogP contribution in [0.5, 0.6) is 17.2 Å². The first kappa shape index (κ1) is 13.0. The maximum absolute atomic E-state index is 9.81. The van der Waals surface area contributed by atoms with Crippen molar-refractivity contribution < 1.29 is 19.7 Å². The van der Waals surface area contributed by atoms with E-state index >= 15 is 0 Å². The quantitative estimate of drug-likeness (QED) is 0.640. The van der Waals surface area contributed by atoms with Crippen LogP contribution < -0.4 is 14.8 Å². The lowest BCUT2D eigenvalue weighted by Crippen LogP contribution is -2.14. The molecule has 0 bridgehead atoms. The smallest absolute Gasteiger partial charge is 0.231 e. The van der Waals surface area contributed by atoms with Crippen LogP contribution in [0, 0.1) is 0 Å². The number of hydrogen-bond acceptors (Lipinski definition) is 5. The average molecular weight is 253 g/mol. The second kappa shape index (κ2) is 6.47. The minimum atomic E-state index is 0.215. The molecule has 0 atom stereocenters. The third-order valence-electron chi connectivity index (χ3n) is 2.90. The zero-order chi connectivity index (χ0) is 12.8. The fourth-order valence-corrected chi connectivity index (χ4v) is 1.88. The molecule has 5 heteroatoms. The van der Waals surface area contributed by atoms with E-state index in [2.05, 4.69) is 5.32 Å². The Bertz CT molecular complexity index is 395. The second-order valence-electron chi connectivity index (χ2n) is 4.30. The third kappa shape index (κ3) is 3.27. The molecule has 0 saturated heterocycles. The van der Waals surface area contributed by atoms with Crippen LogP contribution >= 0.6 is 0 Å².